The molecule has 3 N–H and O–H groups in total. The Kier molecular flexibility index (Phi) is 3.58. The molecule has 3 heteroatoms. The van der Waals surface area contributed by atoms with Crippen LogP contribution in [0.25, 0.3) is 0 Å². The molecule has 0 saturated heterocycles. The third-order valence-electron chi connectivity index (χ3n) is 3.58. The average Bonchev–Trinajstić information content (AvgIpc) is 2.41. The zero-order valence-electron chi connectivity index (χ0n) is 11.6. The molecule has 1 unspecified atom stereocenters. The van der Waals surface area contributed by atoms with Crippen molar-refractivity contribution < 1.29 is 5.11 Å². The number of nitrogen functional groups attached to an aromatic ring is 1. The van der Waals surface area contributed by atoms with Gasteiger partial charge in [-0.15, -0.1) is 0 Å². The first kappa shape index (κ1) is 13.6. The predicted octanol–water partition coefficient (Wildman–Crippen LogP) is 2.98. The number of hydrogen-bond donors (Lipinski definition) is 2. The first-order chi connectivity index (χ1) is 8.93. The van der Waals surface area contributed by atoms with Gasteiger partial charge in [-0.1, -0.05) is 44.2 Å². The second-order valence-electron chi connectivity index (χ2n) is 5.48. The number of rotatable bonds is 3. The van der Waals surface area contributed by atoms with Crippen LogP contribution in [0.2, 0.25) is 0 Å². The van der Waals surface area contributed by atoms with Crippen LogP contribution in [0.1, 0.15) is 36.6 Å². The number of pyridine rings is 1. The molecule has 1 atom stereocenters. The molecule has 2 rings (SSSR count). The molecular formula is C16H20N2O. The first-order valence-electron chi connectivity index (χ1n) is 6.38. The van der Waals surface area contributed by atoms with Crippen molar-refractivity contribution >= 4 is 5.82 Å². The van der Waals surface area contributed by atoms with E-state index in [-0.39, 0.29) is 0 Å². The molecule has 100 valence electrons. The van der Waals surface area contributed by atoms with Crippen LogP contribution in [-0.4, -0.2) is 10.1 Å². The van der Waals surface area contributed by atoms with E-state index in [2.05, 4.69) is 4.98 Å². The largest absolute Gasteiger partial charge is 0.387 e. The smallest absolute Gasteiger partial charge is 0.129 e. The number of aryl methyl sites for hydroxylation is 1. The van der Waals surface area contributed by atoms with Gasteiger partial charge in [-0.05, 0) is 24.1 Å². The minimum absolute atomic E-state index is 0.391. The van der Waals surface area contributed by atoms with E-state index >= 15 is 0 Å². The lowest BCUT2D eigenvalue weighted by atomic mass is 9.76. The van der Waals surface area contributed by atoms with Crippen LogP contribution in [0.4, 0.5) is 5.82 Å². The number of nitrogens with zero attached hydrogens (tertiary/aromatic N) is 1. The Labute approximate surface area is 114 Å². The molecule has 0 bridgehead atoms. The SMILES string of the molecule is Cc1cnc(N)c(C(O)C(C)(C)c2ccccc2)c1. The summed E-state index contributed by atoms with van der Waals surface area (Å²) in [6, 6.07) is 11.8. The maximum Gasteiger partial charge on any atom is 0.129 e. The fraction of sp³-hybridized carbons (Fsp3) is 0.312. The molecule has 0 radical (unpaired) electrons. The molecule has 2 aromatic rings. The number of benzene rings is 1. The monoisotopic (exact) mass is 256 g/mol. The van der Waals surface area contributed by atoms with Gasteiger partial charge >= 0.3 is 0 Å². The van der Waals surface area contributed by atoms with Gasteiger partial charge in [0.05, 0.1) is 6.10 Å². The Bertz CT molecular complexity index is 564. The van der Waals surface area contributed by atoms with Gasteiger partial charge in [0, 0.05) is 17.2 Å². The van der Waals surface area contributed by atoms with E-state index in [1.807, 2.05) is 57.2 Å². The Morgan fingerprint density at radius 3 is 2.47 bits per heavy atom. The van der Waals surface area contributed by atoms with Crippen molar-refractivity contribution in [3.05, 3.63) is 59.3 Å². The summed E-state index contributed by atoms with van der Waals surface area (Å²) < 4.78 is 0. The van der Waals surface area contributed by atoms with Gasteiger partial charge in [0.2, 0.25) is 0 Å². The van der Waals surface area contributed by atoms with Gasteiger partial charge in [-0.3, -0.25) is 0 Å². The predicted molar refractivity (Wildman–Crippen MR) is 77.8 cm³/mol. The Morgan fingerprint density at radius 1 is 1.21 bits per heavy atom. The first-order valence-corrected chi connectivity index (χ1v) is 6.38. The van der Waals surface area contributed by atoms with E-state index in [4.69, 9.17) is 5.73 Å². The maximum atomic E-state index is 10.7. The summed E-state index contributed by atoms with van der Waals surface area (Å²) >= 11 is 0. The number of aromatic nitrogens is 1. The van der Waals surface area contributed by atoms with Crippen molar-refractivity contribution in [1.29, 1.82) is 0 Å². The molecule has 1 heterocycles. The standard InChI is InChI=1S/C16H20N2O/c1-11-9-13(15(17)18-10-11)14(19)16(2,3)12-7-5-4-6-8-12/h4-10,14,19H,1-3H3,(H2,17,18). The van der Waals surface area contributed by atoms with Crippen molar-refractivity contribution in [3.63, 3.8) is 0 Å². The van der Waals surface area contributed by atoms with Crippen molar-refractivity contribution in [2.45, 2.75) is 32.3 Å². The van der Waals surface area contributed by atoms with Gasteiger partial charge in [-0.25, -0.2) is 4.98 Å². The minimum atomic E-state index is -0.692. The topological polar surface area (TPSA) is 59.1 Å². The van der Waals surface area contributed by atoms with E-state index in [1.165, 1.54) is 0 Å². The van der Waals surface area contributed by atoms with E-state index in [9.17, 15) is 5.11 Å². The Morgan fingerprint density at radius 2 is 1.84 bits per heavy atom. The van der Waals surface area contributed by atoms with Crippen LogP contribution in [0.15, 0.2) is 42.6 Å². The summed E-state index contributed by atoms with van der Waals surface area (Å²) in [4.78, 5) is 4.12. The zero-order chi connectivity index (χ0) is 14.0. The fourth-order valence-corrected chi connectivity index (χ4v) is 2.24. The lowest BCUT2D eigenvalue weighted by molar-refractivity contribution is 0.101. The summed E-state index contributed by atoms with van der Waals surface area (Å²) in [6.07, 6.45) is 1.02. The summed E-state index contributed by atoms with van der Waals surface area (Å²) in [5, 5.41) is 10.7. The van der Waals surface area contributed by atoms with Gasteiger partial charge < -0.3 is 10.8 Å². The number of aliphatic hydroxyl groups is 1. The molecule has 0 spiro atoms. The van der Waals surface area contributed by atoms with Gasteiger partial charge in [-0.2, -0.15) is 0 Å². The molecule has 0 aliphatic carbocycles. The molecule has 0 aliphatic rings. The highest BCUT2D eigenvalue weighted by Gasteiger charge is 2.32. The number of aliphatic hydroxyl groups excluding tert-OH is 1. The lowest BCUT2D eigenvalue weighted by Crippen LogP contribution is -2.27. The highest BCUT2D eigenvalue weighted by Crippen LogP contribution is 2.38. The molecule has 19 heavy (non-hydrogen) atoms. The number of anilines is 1. The van der Waals surface area contributed by atoms with Gasteiger partial charge in [0.1, 0.15) is 5.82 Å². The molecular weight excluding hydrogens is 236 g/mol. The van der Waals surface area contributed by atoms with E-state index < -0.39 is 11.5 Å². The molecule has 1 aromatic heterocycles. The Balaban J connectivity index is 2.43. The van der Waals surface area contributed by atoms with Crippen LogP contribution in [0.3, 0.4) is 0 Å². The minimum Gasteiger partial charge on any atom is -0.387 e. The summed E-state index contributed by atoms with van der Waals surface area (Å²) in [5.74, 6) is 0.391. The van der Waals surface area contributed by atoms with Gasteiger partial charge in [0.15, 0.2) is 0 Å². The fourth-order valence-electron chi connectivity index (χ4n) is 2.24. The summed E-state index contributed by atoms with van der Waals surface area (Å²) in [5.41, 5.74) is 8.22. The van der Waals surface area contributed by atoms with E-state index in [1.54, 1.807) is 6.20 Å². The van der Waals surface area contributed by atoms with Crippen molar-refractivity contribution in [3.8, 4) is 0 Å². The van der Waals surface area contributed by atoms with E-state index in [0.29, 0.717) is 11.4 Å². The van der Waals surface area contributed by atoms with E-state index in [0.717, 1.165) is 11.1 Å². The van der Waals surface area contributed by atoms with Crippen molar-refractivity contribution in [1.82, 2.24) is 4.98 Å². The zero-order valence-corrected chi connectivity index (χ0v) is 11.6. The van der Waals surface area contributed by atoms with Crippen LogP contribution in [-0.2, 0) is 5.41 Å². The lowest BCUT2D eigenvalue weighted by Gasteiger charge is -2.32. The summed E-state index contributed by atoms with van der Waals surface area (Å²) in [7, 11) is 0. The summed E-state index contributed by atoms with van der Waals surface area (Å²) in [6.45, 7) is 5.96. The maximum absolute atomic E-state index is 10.7. The molecule has 0 saturated carbocycles. The second kappa shape index (κ2) is 5.02. The molecule has 0 aliphatic heterocycles. The highest BCUT2D eigenvalue weighted by atomic mass is 16.3. The quantitative estimate of drug-likeness (QED) is 0.887. The molecule has 1 aromatic carbocycles. The molecule has 3 nitrogen and oxygen atoms in total. The molecule has 0 fully saturated rings. The number of hydrogen-bond acceptors (Lipinski definition) is 3. The van der Waals surface area contributed by atoms with Gasteiger partial charge in [0.25, 0.3) is 0 Å². The Hall–Kier alpha value is -1.87. The average molecular weight is 256 g/mol. The second-order valence-corrected chi connectivity index (χ2v) is 5.48. The van der Waals surface area contributed by atoms with Crippen LogP contribution >= 0.6 is 0 Å². The molecule has 0 amide bonds. The highest BCUT2D eigenvalue weighted by molar-refractivity contribution is 5.45. The van der Waals surface area contributed by atoms with Crippen molar-refractivity contribution in [2.75, 3.05) is 5.73 Å². The number of nitrogens with two attached hydrogens (primary N) is 1. The third-order valence-corrected chi connectivity index (χ3v) is 3.58. The van der Waals surface area contributed by atoms with Crippen LogP contribution in [0.5, 0.6) is 0 Å². The van der Waals surface area contributed by atoms with Crippen LogP contribution in [0, 0.1) is 6.92 Å². The van der Waals surface area contributed by atoms with Crippen molar-refractivity contribution in [2.24, 2.45) is 0 Å². The normalized spacial score (nSPS) is 13.3. The van der Waals surface area contributed by atoms with Crippen LogP contribution < -0.4 is 5.73 Å². The third kappa shape index (κ3) is 2.61.